The van der Waals surface area contributed by atoms with E-state index in [1.54, 1.807) is 0 Å². The Balaban J connectivity index is 4.38. The molecule has 1 unspecified atom stereocenters. The molecule has 1 atom stereocenters. The van der Waals surface area contributed by atoms with E-state index >= 15 is 0 Å². The highest BCUT2D eigenvalue weighted by Gasteiger charge is 2.27. The molecule has 0 aliphatic rings. The van der Waals surface area contributed by atoms with E-state index in [1.165, 1.54) is 0 Å². The first-order chi connectivity index (χ1) is 6.02. The van der Waals surface area contributed by atoms with E-state index in [0.717, 1.165) is 0 Å². The van der Waals surface area contributed by atoms with Crippen LogP contribution in [0.3, 0.4) is 0 Å². The van der Waals surface area contributed by atoms with Crippen LogP contribution in [-0.4, -0.2) is 22.2 Å². The number of carboxylic acid groups (broad SMARTS) is 2. The zero-order valence-electron chi connectivity index (χ0n) is 7.99. The Labute approximate surface area is 77.6 Å². The van der Waals surface area contributed by atoms with Crippen LogP contribution in [0, 0.1) is 11.8 Å². The molecule has 0 saturated carbocycles. The molecular formula is C9H16O4. The van der Waals surface area contributed by atoms with Crippen LogP contribution < -0.4 is 0 Å². The average Bonchev–Trinajstić information content (AvgIpc) is 2.04. The Morgan fingerprint density at radius 1 is 1.15 bits per heavy atom. The van der Waals surface area contributed by atoms with Crippen LogP contribution >= 0.6 is 0 Å². The molecule has 0 heterocycles. The van der Waals surface area contributed by atoms with E-state index in [1.807, 2.05) is 13.8 Å². The van der Waals surface area contributed by atoms with Crippen LogP contribution in [0.15, 0.2) is 0 Å². The van der Waals surface area contributed by atoms with E-state index in [-0.39, 0.29) is 12.3 Å². The molecule has 0 aromatic carbocycles. The molecule has 0 aliphatic heterocycles. The normalized spacial score (nSPS) is 12.8. The number of hydrogen-bond acceptors (Lipinski definition) is 2. The van der Waals surface area contributed by atoms with Crippen molar-refractivity contribution in [3.63, 3.8) is 0 Å². The lowest BCUT2D eigenvalue weighted by molar-refractivity contribution is -0.150. The highest BCUT2D eigenvalue weighted by molar-refractivity contribution is 5.77. The Morgan fingerprint density at radius 3 is 1.85 bits per heavy atom. The molecule has 0 aromatic rings. The van der Waals surface area contributed by atoms with Gasteiger partial charge in [-0.25, -0.2) is 0 Å². The second kappa shape index (κ2) is 5.56. The van der Waals surface area contributed by atoms with Crippen molar-refractivity contribution < 1.29 is 19.8 Å². The van der Waals surface area contributed by atoms with Crippen molar-refractivity contribution in [1.82, 2.24) is 0 Å². The van der Waals surface area contributed by atoms with Gasteiger partial charge in [-0.05, 0) is 5.92 Å². The first-order valence-corrected chi connectivity index (χ1v) is 4.47. The molecule has 0 radical (unpaired) electrons. The first-order valence-electron chi connectivity index (χ1n) is 4.47. The lowest BCUT2D eigenvalue weighted by Crippen LogP contribution is -2.25. The van der Waals surface area contributed by atoms with Crippen LogP contribution in [0.4, 0.5) is 0 Å². The Kier molecular flexibility index (Phi) is 5.11. The molecule has 0 spiro atoms. The summed E-state index contributed by atoms with van der Waals surface area (Å²) in [6.45, 7) is 3.76. The van der Waals surface area contributed by atoms with Gasteiger partial charge in [-0.1, -0.05) is 26.7 Å². The maximum absolute atomic E-state index is 10.7. The largest absolute Gasteiger partial charge is 0.481 e. The third-order valence-corrected chi connectivity index (χ3v) is 2.33. The van der Waals surface area contributed by atoms with Crippen molar-refractivity contribution in [1.29, 1.82) is 0 Å². The van der Waals surface area contributed by atoms with Crippen molar-refractivity contribution in [2.24, 2.45) is 11.8 Å². The van der Waals surface area contributed by atoms with E-state index in [0.29, 0.717) is 12.8 Å². The van der Waals surface area contributed by atoms with Gasteiger partial charge in [0.2, 0.25) is 0 Å². The van der Waals surface area contributed by atoms with Gasteiger partial charge in [0, 0.05) is 0 Å². The summed E-state index contributed by atoms with van der Waals surface area (Å²) in [6, 6.07) is 0. The van der Waals surface area contributed by atoms with E-state index in [4.69, 9.17) is 10.2 Å². The number of rotatable bonds is 6. The topological polar surface area (TPSA) is 74.6 Å². The van der Waals surface area contributed by atoms with Gasteiger partial charge in [-0.15, -0.1) is 0 Å². The van der Waals surface area contributed by atoms with Crippen molar-refractivity contribution >= 4 is 11.9 Å². The summed E-state index contributed by atoms with van der Waals surface area (Å²) in [4.78, 5) is 21.1. The van der Waals surface area contributed by atoms with E-state index < -0.39 is 17.9 Å². The molecule has 0 amide bonds. The molecule has 0 saturated heterocycles. The fraction of sp³-hybridized carbons (Fsp3) is 0.778. The lowest BCUT2D eigenvalue weighted by atomic mass is 9.85. The predicted octanol–water partition coefficient (Wildman–Crippen LogP) is 1.60. The molecule has 0 rings (SSSR count). The zero-order valence-corrected chi connectivity index (χ0v) is 7.99. The number of aliphatic carboxylic acids is 2. The van der Waals surface area contributed by atoms with Crippen molar-refractivity contribution in [3.05, 3.63) is 0 Å². The van der Waals surface area contributed by atoms with E-state index in [2.05, 4.69) is 0 Å². The molecule has 0 aromatic heterocycles. The Bertz CT molecular complexity index is 184. The molecule has 4 heteroatoms. The van der Waals surface area contributed by atoms with Gasteiger partial charge < -0.3 is 10.2 Å². The van der Waals surface area contributed by atoms with Gasteiger partial charge in [-0.2, -0.15) is 0 Å². The SMILES string of the molecule is CCC(CC)C(CC(=O)O)C(=O)O. The highest BCUT2D eigenvalue weighted by atomic mass is 16.4. The van der Waals surface area contributed by atoms with Crippen molar-refractivity contribution in [2.45, 2.75) is 33.1 Å². The smallest absolute Gasteiger partial charge is 0.307 e. The second-order valence-electron chi connectivity index (χ2n) is 3.12. The van der Waals surface area contributed by atoms with Gasteiger partial charge in [-0.3, -0.25) is 9.59 Å². The fourth-order valence-electron chi connectivity index (χ4n) is 1.50. The molecule has 0 aliphatic carbocycles. The summed E-state index contributed by atoms with van der Waals surface area (Å²) in [7, 11) is 0. The molecule has 13 heavy (non-hydrogen) atoms. The minimum atomic E-state index is -1.04. The molecule has 0 fully saturated rings. The summed E-state index contributed by atoms with van der Waals surface area (Å²) < 4.78 is 0. The van der Waals surface area contributed by atoms with Crippen LogP contribution in [0.25, 0.3) is 0 Å². The predicted molar refractivity (Wildman–Crippen MR) is 47.5 cm³/mol. The standard InChI is InChI=1S/C9H16O4/c1-3-6(4-2)7(9(12)13)5-8(10)11/h6-7H,3-5H2,1-2H3,(H,10,11)(H,12,13). The monoisotopic (exact) mass is 188 g/mol. The average molecular weight is 188 g/mol. The van der Waals surface area contributed by atoms with Gasteiger partial charge >= 0.3 is 11.9 Å². The van der Waals surface area contributed by atoms with Crippen LogP contribution in [0.2, 0.25) is 0 Å². The Morgan fingerprint density at radius 2 is 1.62 bits per heavy atom. The van der Waals surface area contributed by atoms with Gasteiger partial charge in [0.05, 0.1) is 12.3 Å². The summed E-state index contributed by atoms with van der Waals surface area (Å²) in [5, 5.41) is 17.3. The Hall–Kier alpha value is -1.06. The van der Waals surface area contributed by atoms with Gasteiger partial charge in [0.15, 0.2) is 0 Å². The van der Waals surface area contributed by atoms with E-state index in [9.17, 15) is 9.59 Å². The fourth-order valence-corrected chi connectivity index (χ4v) is 1.50. The summed E-state index contributed by atoms with van der Waals surface area (Å²) in [5.74, 6) is -2.82. The molecular weight excluding hydrogens is 172 g/mol. The maximum Gasteiger partial charge on any atom is 0.307 e. The zero-order chi connectivity index (χ0) is 10.4. The maximum atomic E-state index is 10.7. The molecule has 4 nitrogen and oxygen atoms in total. The van der Waals surface area contributed by atoms with Crippen molar-refractivity contribution in [3.8, 4) is 0 Å². The summed E-state index contributed by atoms with van der Waals surface area (Å²) in [5.41, 5.74) is 0. The second-order valence-corrected chi connectivity index (χ2v) is 3.12. The summed E-state index contributed by atoms with van der Waals surface area (Å²) in [6.07, 6.45) is 1.14. The number of carbonyl (C=O) groups is 2. The van der Waals surface area contributed by atoms with Crippen LogP contribution in [-0.2, 0) is 9.59 Å². The first kappa shape index (κ1) is 11.9. The molecule has 2 N–H and O–H groups in total. The van der Waals surface area contributed by atoms with Crippen LogP contribution in [0.1, 0.15) is 33.1 Å². The molecule has 0 bridgehead atoms. The number of carboxylic acids is 2. The third kappa shape index (κ3) is 3.92. The highest BCUT2D eigenvalue weighted by Crippen LogP contribution is 2.22. The van der Waals surface area contributed by atoms with Crippen molar-refractivity contribution in [2.75, 3.05) is 0 Å². The minimum absolute atomic E-state index is 0.0337. The quantitative estimate of drug-likeness (QED) is 0.663. The minimum Gasteiger partial charge on any atom is -0.481 e. The van der Waals surface area contributed by atoms with Gasteiger partial charge in [0.25, 0.3) is 0 Å². The molecule has 76 valence electrons. The lowest BCUT2D eigenvalue weighted by Gasteiger charge is -2.19. The number of hydrogen-bond donors (Lipinski definition) is 2. The third-order valence-electron chi connectivity index (χ3n) is 2.33. The van der Waals surface area contributed by atoms with Crippen LogP contribution in [0.5, 0.6) is 0 Å². The van der Waals surface area contributed by atoms with Gasteiger partial charge in [0.1, 0.15) is 0 Å². The summed E-state index contributed by atoms with van der Waals surface area (Å²) >= 11 is 0.